The first-order valence-corrected chi connectivity index (χ1v) is 7.17. The first kappa shape index (κ1) is 11.5. The number of carboxylic acid groups (broad SMARTS) is 1. The SMILES string of the molecule is O=C(O)C1CCCCCC1N1CC2(CCC2)C1. The summed E-state index contributed by atoms with van der Waals surface area (Å²) in [6, 6.07) is 0.334. The summed E-state index contributed by atoms with van der Waals surface area (Å²) in [5.74, 6) is -0.665. The molecule has 3 fully saturated rings. The van der Waals surface area contributed by atoms with Gasteiger partial charge in [0.25, 0.3) is 0 Å². The fourth-order valence-corrected chi connectivity index (χ4v) is 4.06. The molecule has 0 aromatic heterocycles. The van der Waals surface area contributed by atoms with Gasteiger partial charge in [0.15, 0.2) is 0 Å². The zero-order valence-corrected chi connectivity index (χ0v) is 10.5. The lowest BCUT2D eigenvalue weighted by atomic mass is 9.62. The average molecular weight is 237 g/mol. The maximum Gasteiger partial charge on any atom is 0.308 e. The number of carbonyl (C=O) groups is 1. The topological polar surface area (TPSA) is 40.5 Å². The van der Waals surface area contributed by atoms with Crippen LogP contribution in [0.2, 0.25) is 0 Å². The fraction of sp³-hybridized carbons (Fsp3) is 0.929. The monoisotopic (exact) mass is 237 g/mol. The maximum absolute atomic E-state index is 11.4. The quantitative estimate of drug-likeness (QED) is 0.750. The molecular formula is C14H23NO2. The number of aliphatic carboxylic acids is 1. The summed E-state index contributed by atoms with van der Waals surface area (Å²) in [7, 11) is 0. The van der Waals surface area contributed by atoms with Crippen LogP contribution in [0.3, 0.4) is 0 Å². The zero-order chi connectivity index (χ0) is 11.9. The summed E-state index contributed by atoms with van der Waals surface area (Å²) in [4.78, 5) is 13.9. The van der Waals surface area contributed by atoms with Crippen LogP contribution >= 0.6 is 0 Å². The third-order valence-electron chi connectivity index (χ3n) is 5.26. The molecule has 17 heavy (non-hydrogen) atoms. The summed E-state index contributed by atoms with van der Waals surface area (Å²) >= 11 is 0. The van der Waals surface area contributed by atoms with Crippen molar-refractivity contribution in [2.75, 3.05) is 13.1 Å². The molecule has 2 atom stereocenters. The van der Waals surface area contributed by atoms with E-state index in [-0.39, 0.29) is 5.92 Å². The first-order chi connectivity index (χ1) is 8.20. The van der Waals surface area contributed by atoms with Gasteiger partial charge in [0.1, 0.15) is 0 Å². The molecule has 3 heteroatoms. The van der Waals surface area contributed by atoms with Gasteiger partial charge in [-0.2, -0.15) is 0 Å². The Balaban J connectivity index is 1.64. The van der Waals surface area contributed by atoms with Gasteiger partial charge in [-0.15, -0.1) is 0 Å². The predicted octanol–water partition coefficient (Wildman–Crippen LogP) is 2.51. The molecule has 3 nitrogen and oxygen atoms in total. The number of rotatable bonds is 2. The van der Waals surface area contributed by atoms with Gasteiger partial charge in [-0.3, -0.25) is 9.69 Å². The van der Waals surface area contributed by atoms with Crippen LogP contribution in [-0.4, -0.2) is 35.1 Å². The van der Waals surface area contributed by atoms with Crippen LogP contribution in [0.1, 0.15) is 51.4 Å². The molecule has 0 bridgehead atoms. The second kappa shape index (κ2) is 4.27. The van der Waals surface area contributed by atoms with E-state index in [2.05, 4.69) is 4.90 Å². The van der Waals surface area contributed by atoms with Crippen molar-refractivity contribution < 1.29 is 9.90 Å². The van der Waals surface area contributed by atoms with Crippen molar-refractivity contribution in [1.82, 2.24) is 4.90 Å². The molecule has 1 heterocycles. The van der Waals surface area contributed by atoms with Crippen LogP contribution < -0.4 is 0 Å². The zero-order valence-electron chi connectivity index (χ0n) is 10.5. The number of nitrogens with zero attached hydrogens (tertiary/aromatic N) is 1. The van der Waals surface area contributed by atoms with E-state index < -0.39 is 5.97 Å². The summed E-state index contributed by atoms with van der Waals surface area (Å²) in [5, 5.41) is 9.38. The maximum atomic E-state index is 11.4. The highest BCUT2D eigenvalue weighted by atomic mass is 16.4. The van der Waals surface area contributed by atoms with E-state index in [1.54, 1.807) is 0 Å². The number of hydrogen-bond donors (Lipinski definition) is 1. The molecule has 2 aliphatic carbocycles. The molecule has 1 N–H and O–H groups in total. The van der Waals surface area contributed by atoms with Crippen LogP contribution in [0.4, 0.5) is 0 Å². The van der Waals surface area contributed by atoms with Crippen molar-refractivity contribution in [3.8, 4) is 0 Å². The van der Waals surface area contributed by atoms with Gasteiger partial charge >= 0.3 is 5.97 Å². The molecular weight excluding hydrogens is 214 g/mol. The van der Waals surface area contributed by atoms with Gasteiger partial charge in [0.05, 0.1) is 5.92 Å². The van der Waals surface area contributed by atoms with Crippen molar-refractivity contribution in [2.24, 2.45) is 11.3 Å². The van der Waals surface area contributed by atoms with Crippen molar-refractivity contribution in [2.45, 2.75) is 57.4 Å². The van der Waals surface area contributed by atoms with E-state index in [9.17, 15) is 9.90 Å². The lowest BCUT2D eigenvalue weighted by Crippen LogP contribution is -2.64. The van der Waals surface area contributed by atoms with Crippen molar-refractivity contribution >= 4 is 5.97 Å². The molecule has 0 amide bonds. The fourth-order valence-electron chi connectivity index (χ4n) is 4.06. The van der Waals surface area contributed by atoms with E-state index in [0.717, 1.165) is 19.3 Å². The minimum Gasteiger partial charge on any atom is -0.481 e. The smallest absolute Gasteiger partial charge is 0.308 e. The highest BCUT2D eigenvalue weighted by Gasteiger charge is 2.50. The van der Waals surface area contributed by atoms with E-state index >= 15 is 0 Å². The van der Waals surface area contributed by atoms with Gasteiger partial charge in [-0.1, -0.05) is 25.7 Å². The Bertz CT molecular complexity index is 303. The lowest BCUT2D eigenvalue weighted by molar-refractivity contribution is -0.150. The molecule has 2 unspecified atom stereocenters. The van der Waals surface area contributed by atoms with Gasteiger partial charge < -0.3 is 5.11 Å². The third kappa shape index (κ3) is 1.99. The van der Waals surface area contributed by atoms with E-state index in [4.69, 9.17) is 0 Å². The van der Waals surface area contributed by atoms with E-state index in [1.165, 1.54) is 45.2 Å². The highest BCUT2D eigenvalue weighted by Crippen LogP contribution is 2.50. The van der Waals surface area contributed by atoms with Crippen LogP contribution in [0.5, 0.6) is 0 Å². The van der Waals surface area contributed by atoms with E-state index in [0.29, 0.717) is 11.5 Å². The molecule has 0 aromatic rings. The Kier molecular flexibility index (Phi) is 2.89. The molecule has 3 aliphatic rings. The van der Waals surface area contributed by atoms with Gasteiger partial charge in [-0.25, -0.2) is 0 Å². The number of hydrogen-bond acceptors (Lipinski definition) is 2. The van der Waals surface area contributed by atoms with Crippen molar-refractivity contribution in [1.29, 1.82) is 0 Å². The highest BCUT2D eigenvalue weighted by molar-refractivity contribution is 5.71. The average Bonchev–Trinajstić information content (AvgIpc) is 2.38. The predicted molar refractivity (Wildman–Crippen MR) is 65.9 cm³/mol. The standard InChI is InChI=1S/C14H23NO2/c16-13(17)11-5-2-1-3-6-12(11)15-9-14(10-15)7-4-8-14/h11-12H,1-10H2,(H,16,17). The molecule has 1 saturated heterocycles. The number of likely N-dealkylation sites (tertiary alicyclic amines) is 1. The normalized spacial score (nSPS) is 36.9. The Morgan fingerprint density at radius 2 is 1.76 bits per heavy atom. The van der Waals surface area contributed by atoms with E-state index in [1.807, 2.05) is 0 Å². The summed E-state index contributed by atoms with van der Waals surface area (Å²) in [6.45, 7) is 2.36. The van der Waals surface area contributed by atoms with Gasteiger partial charge in [-0.05, 0) is 31.1 Å². The minimum absolute atomic E-state index is 0.102. The van der Waals surface area contributed by atoms with Crippen LogP contribution in [0.25, 0.3) is 0 Å². The molecule has 0 radical (unpaired) electrons. The van der Waals surface area contributed by atoms with Crippen LogP contribution in [0, 0.1) is 11.3 Å². The minimum atomic E-state index is -0.563. The first-order valence-electron chi connectivity index (χ1n) is 7.17. The van der Waals surface area contributed by atoms with Gasteiger partial charge in [0, 0.05) is 19.1 Å². The molecule has 1 spiro atoms. The van der Waals surface area contributed by atoms with Crippen molar-refractivity contribution in [3.63, 3.8) is 0 Å². The molecule has 96 valence electrons. The second-order valence-corrected chi connectivity index (χ2v) is 6.41. The largest absolute Gasteiger partial charge is 0.481 e. The summed E-state index contributed by atoms with van der Waals surface area (Å²) in [5.41, 5.74) is 0.620. The Hall–Kier alpha value is -0.570. The Labute approximate surface area is 103 Å². The van der Waals surface area contributed by atoms with Crippen LogP contribution in [0.15, 0.2) is 0 Å². The second-order valence-electron chi connectivity index (χ2n) is 6.41. The molecule has 2 saturated carbocycles. The third-order valence-corrected chi connectivity index (χ3v) is 5.26. The van der Waals surface area contributed by atoms with Crippen molar-refractivity contribution in [3.05, 3.63) is 0 Å². The lowest BCUT2D eigenvalue weighted by Gasteiger charge is -2.59. The summed E-state index contributed by atoms with van der Waals surface area (Å²) in [6.07, 6.45) is 9.70. The van der Waals surface area contributed by atoms with Gasteiger partial charge in [0.2, 0.25) is 0 Å². The molecule has 0 aromatic carbocycles. The number of carboxylic acids is 1. The van der Waals surface area contributed by atoms with Crippen LogP contribution in [-0.2, 0) is 4.79 Å². The Morgan fingerprint density at radius 1 is 1.06 bits per heavy atom. The summed E-state index contributed by atoms with van der Waals surface area (Å²) < 4.78 is 0. The molecule has 1 aliphatic heterocycles. The molecule has 3 rings (SSSR count). The Morgan fingerprint density at radius 3 is 2.35 bits per heavy atom.